The molecule has 7 atom stereocenters. The molecule has 5 heteroatoms. The lowest BCUT2D eigenvalue weighted by Crippen LogP contribution is -2.69. The molecule has 3 saturated carbocycles. The highest BCUT2D eigenvalue weighted by atomic mass is 16.2. The Labute approximate surface area is 143 Å². The summed E-state index contributed by atoms with van der Waals surface area (Å²) < 4.78 is 0. The molecule has 0 bridgehead atoms. The van der Waals surface area contributed by atoms with E-state index in [9.17, 15) is 14.4 Å². The zero-order valence-corrected chi connectivity index (χ0v) is 14.6. The van der Waals surface area contributed by atoms with Crippen LogP contribution in [0.4, 0.5) is 0 Å². The van der Waals surface area contributed by atoms with Gasteiger partial charge in [0.15, 0.2) is 11.7 Å². The predicted octanol–water partition coefficient (Wildman–Crippen LogP) is 1.79. The number of primary amides is 1. The number of carbonyl (C=O) groups excluding carboxylic acids is 3. The quantitative estimate of drug-likeness (QED) is 0.717. The zero-order chi connectivity index (χ0) is 17.3. The lowest BCUT2D eigenvalue weighted by molar-refractivity contribution is -0.163. The van der Waals surface area contributed by atoms with Crippen LogP contribution in [-0.4, -0.2) is 23.6 Å². The largest absolute Gasteiger partial charge is 0.369 e. The maximum absolute atomic E-state index is 13.2. The van der Waals surface area contributed by atoms with Gasteiger partial charge in [-0.05, 0) is 61.7 Å². The van der Waals surface area contributed by atoms with E-state index in [1.165, 1.54) is 19.3 Å². The standard InChI is InChI=1S/C19H28N2O3/c1-18-8-3-4-11(18)10-5-6-13-19(2,12(10)7-9-18)15(22)14(16(20)23)17(24)21-13/h10-14H,3-9H2,1-2H3,(H2,20,23)(H,21,24)/t10-,11-,12+,13?,14?,18-,19+/m0/s1. The predicted molar refractivity (Wildman–Crippen MR) is 88.6 cm³/mol. The van der Waals surface area contributed by atoms with Crippen molar-refractivity contribution in [3.05, 3.63) is 0 Å². The van der Waals surface area contributed by atoms with Crippen molar-refractivity contribution in [2.45, 2.75) is 64.8 Å². The van der Waals surface area contributed by atoms with Gasteiger partial charge in [0.05, 0.1) is 5.41 Å². The van der Waals surface area contributed by atoms with E-state index < -0.39 is 23.1 Å². The highest BCUT2D eigenvalue weighted by Crippen LogP contribution is 2.63. The van der Waals surface area contributed by atoms with Crippen LogP contribution in [0.25, 0.3) is 0 Å². The highest BCUT2D eigenvalue weighted by molar-refractivity contribution is 6.21. The monoisotopic (exact) mass is 332 g/mol. The smallest absolute Gasteiger partial charge is 0.240 e. The fourth-order valence-corrected chi connectivity index (χ4v) is 6.87. The number of hydrogen-bond acceptors (Lipinski definition) is 3. The summed E-state index contributed by atoms with van der Waals surface area (Å²) in [6.07, 6.45) is 7.96. The molecule has 1 saturated heterocycles. The molecule has 1 heterocycles. The average molecular weight is 332 g/mol. The van der Waals surface area contributed by atoms with Crippen LogP contribution in [0.15, 0.2) is 0 Å². The molecule has 132 valence electrons. The third-order valence-corrected chi connectivity index (χ3v) is 8.16. The third kappa shape index (κ3) is 1.90. The Morgan fingerprint density at radius 1 is 1.08 bits per heavy atom. The van der Waals surface area contributed by atoms with Gasteiger partial charge in [0.2, 0.25) is 11.8 Å². The zero-order valence-electron chi connectivity index (χ0n) is 14.6. The lowest BCUT2D eigenvalue weighted by atomic mass is 9.47. The Balaban J connectivity index is 1.71. The molecule has 1 aliphatic heterocycles. The number of hydrogen-bond donors (Lipinski definition) is 2. The molecule has 4 fully saturated rings. The summed E-state index contributed by atoms with van der Waals surface area (Å²) in [4.78, 5) is 37.1. The first kappa shape index (κ1) is 16.1. The van der Waals surface area contributed by atoms with Crippen molar-refractivity contribution in [1.82, 2.24) is 5.32 Å². The lowest BCUT2D eigenvalue weighted by Gasteiger charge is -2.59. The van der Waals surface area contributed by atoms with Crippen LogP contribution >= 0.6 is 0 Å². The number of amides is 2. The van der Waals surface area contributed by atoms with Gasteiger partial charge in [-0.1, -0.05) is 20.3 Å². The molecule has 4 rings (SSSR count). The van der Waals surface area contributed by atoms with E-state index in [0.717, 1.165) is 25.7 Å². The summed E-state index contributed by atoms with van der Waals surface area (Å²) in [5.41, 5.74) is 5.17. The van der Waals surface area contributed by atoms with Crippen molar-refractivity contribution >= 4 is 17.6 Å². The summed E-state index contributed by atoms with van der Waals surface area (Å²) in [5.74, 6) is -1.33. The molecule has 2 unspecified atom stereocenters. The van der Waals surface area contributed by atoms with Gasteiger partial charge < -0.3 is 11.1 Å². The summed E-state index contributed by atoms with van der Waals surface area (Å²) in [6.45, 7) is 4.41. The molecule has 0 aromatic carbocycles. The maximum Gasteiger partial charge on any atom is 0.240 e. The second-order valence-electron chi connectivity index (χ2n) is 9.08. The molecule has 5 nitrogen and oxygen atoms in total. The number of nitrogens with one attached hydrogen (secondary N) is 1. The fourth-order valence-electron chi connectivity index (χ4n) is 6.87. The molecule has 4 aliphatic rings. The minimum atomic E-state index is -1.30. The fraction of sp³-hybridized carbons (Fsp3) is 0.842. The third-order valence-electron chi connectivity index (χ3n) is 8.16. The molecular formula is C19H28N2O3. The van der Waals surface area contributed by atoms with Gasteiger partial charge in [0.25, 0.3) is 0 Å². The minimum Gasteiger partial charge on any atom is -0.369 e. The van der Waals surface area contributed by atoms with Crippen LogP contribution in [0.1, 0.15) is 58.8 Å². The second-order valence-corrected chi connectivity index (χ2v) is 9.08. The van der Waals surface area contributed by atoms with Crippen LogP contribution < -0.4 is 11.1 Å². The molecule has 24 heavy (non-hydrogen) atoms. The molecular weight excluding hydrogens is 304 g/mol. The number of rotatable bonds is 1. The first-order chi connectivity index (χ1) is 11.3. The SMILES string of the molecule is C[C@@]12CCC[C@H]1[C@@H]1CCC3NC(=O)C(C(N)=O)C(=O)[C@]3(C)[C@@H]1CC2. The van der Waals surface area contributed by atoms with E-state index in [-0.39, 0.29) is 17.7 Å². The number of carbonyl (C=O) groups is 3. The minimum absolute atomic E-state index is 0.139. The van der Waals surface area contributed by atoms with Crippen molar-refractivity contribution in [2.24, 2.45) is 40.2 Å². The summed E-state index contributed by atoms with van der Waals surface area (Å²) in [5, 5.41) is 2.96. The van der Waals surface area contributed by atoms with Gasteiger partial charge in [0.1, 0.15) is 0 Å². The van der Waals surface area contributed by atoms with Crippen LogP contribution in [0, 0.1) is 34.5 Å². The average Bonchev–Trinajstić information content (AvgIpc) is 2.90. The van der Waals surface area contributed by atoms with Gasteiger partial charge in [-0.2, -0.15) is 0 Å². The van der Waals surface area contributed by atoms with Crippen molar-refractivity contribution < 1.29 is 14.4 Å². The summed E-state index contributed by atoms with van der Waals surface area (Å²) >= 11 is 0. The highest BCUT2D eigenvalue weighted by Gasteiger charge is 2.63. The van der Waals surface area contributed by atoms with E-state index in [1.807, 2.05) is 6.92 Å². The number of Topliss-reactive ketones (excluding diaryl/α,β-unsaturated/α-hetero) is 1. The van der Waals surface area contributed by atoms with Crippen LogP contribution in [0.3, 0.4) is 0 Å². The Morgan fingerprint density at radius 2 is 1.83 bits per heavy atom. The van der Waals surface area contributed by atoms with Gasteiger partial charge in [0, 0.05) is 6.04 Å². The van der Waals surface area contributed by atoms with Crippen LogP contribution in [-0.2, 0) is 14.4 Å². The second kappa shape index (κ2) is 5.06. The summed E-state index contributed by atoms with van der Waals surface area (Å²) in [6, 6.07) is -0.139. The number of ketones is 1. The Morgan fingerprint density at radius 3 is 2.54 bits per heavy atom. The maximum atomic E-state index is 13.2. The van der Waals surface area contributed by atoms with Crippen molar-refractivity contribution in [3.8, 4) is 0 Å². The van der Waals surface area contributed by atoms with E-state index in [1.54, 1.807) is 0 Å². The molecule has 3 N–H and O–H groups in total. The molecule has 0 aromatic heterocycles. The normalized spacial score (nSPS) is 50.5. The Hall–Kier alpha value is -1.39. The molecule has 2 amide bonds. The van der Waals surface area contributed by atoms with Crippen molar-refractivity contribution in [2.75, 3.05) is 0 Å². The first-order valence-corrected chi connectivity index (χ1v) is 9.43. The number of piperidine rings is 1. The number of fused-ring (bicyclic) bond motifs is 5. The van der Waals surface area contributed by atoms with Gasteiger partial charge in [-0.25, -0.2) is 0 Å². The first-order valence-electron chi connectivity index (χ1n) is 9.43. The molecule has 0 aromatic rings. The van der Waals surface area contributed by atoms with E-state index >= 15 is 0 Å². The van der Waals surface area contributed by atoms with Crippen molar-refractivity contribution in [3.63, 3.8) is 0 Å². The Kier molecular flexibility index (Phi) is 3.39. The molecule has 0 radical (unpaired) electrons. The number of nitrogens with two attached hydrogens (primary N) is 1. The van der Waals surface area contributed by atoms with Gasteiger partial charge in [-0.15, -0.1) is 0 Å². The van der Waals surface area contributed by atoms with Crippen LogP contribution in [0.2, 0.25) is 0 Å². The van der Waals surface area contributed by atoms with Crippen molar-refractivity contribution in [1.29, 1.82) is 0 Å². The summed E-state index contributed by atoms with van der Waals surface area (Å²) in [7, 11) is 0. The topological polar surface area (TPSA) is 89.3 Å². The van der Waals surface area contributed by atoms with Gasteiger partial charge in [-0.3, -0.25) is 14.4 Å². The van der Waals surface area contributed by atoms with Gasteiger partial charge >= 0.3 is 0 Å². The van der Waals surface area contributed by atoms with E-state index in [4.69, 9.17) is 5.73 Å². The van der Waals surface area contributed by atoms with Crippen LogP contribution in [0.5, 0.6) is 0 Å². The Bertz CT molecular complexity index is 618. The van der Waals surface area contributed by atoms with E-state index in [0.29, 0.717) is 17.3 Å². The molecule has 3 aliphatic carbocycles. The molecule has 0 spiro atoms. The van der Waals surface area contributed by atoms with E-state index in [2.05, 4.69) is 12.2 Å².